The zero-order chi connectivity index (χ0) is 51.9. The fourth-order valence-electron chi connectivity index (χ4n) is 10.2. The van der Waals surface area contributed by atoms with Gasteiger partial charge in [0.05, 0.1) is 63.5 Å². The minimum atomic E-state index is -0.439. The topological polar surface area (TPSA) is 194 Å². The lowest BCUT2D eigenvalue weighted by molar-refractivity contribution is -0.385. The van der Waals surface area contributed by atoms with Gasteiger partial charge in [0.15, 0.2) is 0 Å². The lowest BCUT2D eigenvalue weighted by atomic mass is 10.1. The molecular formula is C57H40Cl3N9O6. The van der Waals surface area contributed by atoms with E-state index in [0.717, 1.165) is 104 Å². The van der Waals surface area contributed by atoms with Gasteiger partial charge in [0.2, 0.25) is 0 Å². The van der Waals surface area contributed by atoms with Crippen molar-refractivity contribution >= 4 is 117 Å². The number of benzene rings is 6. The van der Waals surface area contributed by atoms with Crippen LogP contribution in [0, 0.1) is 30.3 Å². The Hall–Kier alpha value is -8.76. The van der Waals surface area contributed by atoms with Crippen LogP contribution in [0.5, 0.6) is 0 Å². The molecule has 1 N–H and O–H groups in total. The number of halogens is 3. The Balaban J connectivity index is 0.000000217. The van der Waals surface area contributed by atoms with E-state index in [0.29, 0.717) is 48.8 Å². The van der Waals surface area contributed by atoms with Crippen molar-refractivity contribution in [3.8, 4) is 33.8 Å². The van der Waals surface area contributed by atoms with E-state index in [2.05, 4.69) is 43.4 Å². The molecule has 370 valence electrons. The molecular weight excluding hydrogens is 1010 g/mol. The maximum Gasteiger partial charge on any atom is 0.270 e. The van der Waals surface area contributed by atoms with Crippen molar-refractivity contribution in [1.29, 1.82) is 0 Å². The van der Waals surface area contributed by atoms with Crippen molar-refractivity contribution in [2.24, 2.45) is 0 Å². The van der Waals surface area contributed by atoms with Gasteiger partial charge >= 0.3 is 0 Å². The quantitative estimate of drug-likeness (QED) is 0.0664. The summed E-state index contributed by atoms with van der Waals surface area (Å²) in [6.07, 6.45) is 8.85. The highest BCUT2D eigenvalue weighted by atomic mass is 35.5. The molecule has 6 heterocycles. The van der Waals surface area contributed by atoms with Crippen LogP contribution in [0.3, 0.4) is 0 Å². The van der Waals surface area contributed by atoms with Crippen molar-refractivity contribution < 1.29 is 14.8 Å². The van der Waals surface area contributed by atoms with Crippen molar-refractivity contribution in [2.75, 3.05) is 0 Å². The number of unbranched alkanes of at least 4 members (excludes halogenated alkanes) is 3. The fraction of sp³-hybridized carbons (Fsp3) is 0.105. The van der Waals surface area contributed by atoms with Crippen molar-refractivity contribution in [3.63, 3.8) is 0 Å². The minimum absolute atomic E-state index is 0.0145. The second-order valence-corrected chi connectivity index (χ2v) is 19.1. The fourth-order valence-corrected chi connectivity index (χ4v) is 10.8. The summed E-state index contributed by atoms with van der Waals surface area (Å²) < 4.78 is 4.52. The van der Waals surface area contributed by atoms with Crippen LogP contribution >= 0.6 is 34.8 Å². The molecule has 0 amide bonds. The van der Waals surface area contributed by atoms with Crippen molar-refractivity contribution in [2.45, 2.75) is 38.8 Å². The smallest absolute Gasteiger partial charge is 0.270 e. The molecule has 0 unspecified atom stereocenters. The number of aromatic amines is 1. The third-order valence-corrected chi connectivity index (χ3v) is 14.5. The van der Waals surface area contributed by atoms with Gasteiger partial charge in [-0.05, 0) is 67.4 Å². The number of rotatable bonds is 13. The van der Waals surface area contributed by atoms with E-state index in [1.54, 1.807) is 30.7 Å². The SMILES string of the molecule is O=[N+]([O-])c1ccc(Cl)c(-c2nccc3c2[nH]c2ccccc23)c1.O=[N+]([O-])c1ccc(Cl)c(-c2nccc3c4ccccc4n(CCCCCCn4c5ccccc5c5ccnc(-c6cc([N+](=O)[O-])ccc6Cl)c54)c23)c1. The van der Waals surface area contributed by atoms with Crippen LogP contribution < -0.4 is 0 Å². The van der Waals surface area contributed by atoms with Crippen LogP contribution in [0.1, 0.15) is 25.7 Å². The number of aryl methyl sites for hydroxylation is 2. The standard InChI is InChI=1S/C40H30Cl2N6O4.C17H10ClN3O2/c41-33-15-13-25(47(49)50)23-31(33)37-39-29(17-19-43-37)27-9-3-5-11-35(27)45(39)21-7-1-2-8-22-46-36-12-6-4-10-28(36)30-18-20-44-38(40(30)46)32-24-26(48(51)52)14-16-34(32)42;18-14-6-5-10(21(22)23)9-13(14)16-17-12(7-8-19-16)11-3-1-2-4-15(11)20-17/h3-6,9-20,23-24H,1-2,7-8,21-22H2;1-9,20H. The van der Waals surface area contributed by atoms with E-state index in [1.807, 2.05) is 66.7 Å². The third-order valence-electron chi connectivity index (χ3n) is 13.5. The first-order chi connectivity index (χ1) is 36.5. The summed E-state index contributed by atoms with van der Waals surface area (Å²) in [6.45, 7) is 1.45. The van der Waals surface area contributed by atoms with Gasteiger partial charge in [-0.1, -0.05) is 102 Å². The van der Waals surface area contributed by atoms with Crippen LogP contribution in [0.15, 0.2) is 164 Å². The summed E-state index contributed by atoms with van der Waals surface area (Å²) >= 11 is 19.5. The van der Waals surface area contributed by atoms with Gasteiger partial charge in [0, 0.05) is 134 Å². The van der Waals surface area contributed by atoms with Gasteiger partial charge in [-0.25, -0.2) is 0 Å². The summed E-state index contributed by atoms with van der Waals surface area (Å²) in [4.78, 5) is 50.1. The van der Waals surface area contributed by atoms with Crippen LogP contribution in [0.2, 0.25) is 15.1 Å². The second kappa shape index (κ2) is 20.3. The Morgan fingerprint density at radius 2 is 0.813 bits per heavy atom. The summed E-state index contributed by atoms with van der Waals surface area (Å²) in [7, 11) is 0. The molecule has 0 spiro atoms. The molecule has 6 aromatic heterocycles. The molecule has 0 radical (unpaired) electrons. The number of pyridine rings is 3. The number of nitrogens with zero attached hydrogens (tertiary/aromatic N) is 8. The maximum atomic E-state index is 11.6. The molecule has 12 aromatic rings. The van der Waals surface area contributed by atoms with Gasteiger partial charge in [-0.3, -0.25) is 45.3 Å². The van der Waals surface area contributed by atoms with E-state index in [4.69, 9.17) is 44.8 Å². The predicted molar refractivity (Wildman–Crippen MR) is 298 cm³/mol. The normalized spacial score (nSPS) is 11.5. The number of H-pyrrole nitrogens is 1. The molecule has 0 aliphatic carbocycles. The van der Waals surface area contributed by atoms with Gasteiger partial charge in [0.1, 0.15) is 0 Å². The van der Waals surface area contributed by atoms with Crippen molar-refractivity contribution in [3.05, 3.63) is 210 Å². The largest absolute Gasteiger partial charge is 0.353 e. The van der Waals surface area contributed by atoms with E-state index in [1.165, 1.54) is 42.5 Å². The molecule has 15 nitrogen and oxygen atoms in total. The molecule has 6 aromatic carbocycles. The average Bonchev–Trinajstić information content (AvgIpc) is 4.09. The molecule has 0 atom stereocenters. The van der Waals surface area contributed by atoms with Gasteiger partial charge in [0.25, 0.3) is 17.1 Å². The molecule has 0 aliphatic heterocycles. The highest BCUT2D eigenvalue weighted by Crippen LogP contribution is 2.42. The molecule has 75 heavy (non-hydrogen) atoms. The Morgan fingerprint density at radius 1 is 0.427 bits per heavy atom. The second-order valence-electron chi connectivity index (χ2n) is 17.9. The highest BCUT2D eigenvalue weighted by molar-refractivity contribution is 6.35. The molecule has 0 aliphatic rings. The van der Waals surface area contributed by atoms with Crippen LogP contribution in [-0.2, 0) is 13.1 Å². The van der Waals surface area contributed by atoms with Crippen LogP contribution in [0.25, 0.3) is 99.2 Å². The van der Waals surface area contributed by atoms with Gasteiger partial charge < -0.3 is 14.1 Å². The average molecular weight is 1050 g/mol. The van der Waals surface area contributed by atoms with E-state index < -0.39 is 14.8 Å². The number of nitro groups is 3. The molecule has 0 bridgehead atoms. The van der Waals surface area contributed by atoms with Crippen molar-refractivity contribution in [1.82, 2.24) is 29.1 Å². The number of non-ortho nitro benzene ring substituents is 3. The molecule has 18 heteroatoms. The monoisotopic (exact) mass is 1050 g/mol. The predicted octanol–water partition coefficient (Wildman–Crippen LogP) is 16.4. The lowest BCUT2D eigenvalue weighted by Crippen LogP contribution is -2.02. The number of hydrogen-bond donors (Lipinski definition) is 1. The van der Waals surface area contributed by atoms with Crippen LogP contribution in [0.4, 0.5) is 17.1 Å². The third kappa shape index (κ3) is 9.00. The van der Waals surface area contributed by atoms with E-state index >= 15 is 0 Å². The molecule has 0 fully saturated rings. The van der Waals surface area contributed by atoms with Gasteiger partial charge in [-0.15, -0.1) is 0 Å². The van der Waals surface area contributed by atoms with Gasteiger partial charge in [-0.2, -0.15) is 0 Å². The lowest BCUT2D eigenvalue weighted by Gasteiger charge is -2.13. The molecule has 0 saturated carbocycles. The molecule has 12 rings (SSSR count). The Labute approximate surface area is 441 Å². The Kier molecular flexibility index (Phi) is 13.1. The first-order valence-corrected chi connectivity index (χ1v) is 25.0. The first-order valence-electron chi connectivity index (χ1n) is 23.9. The number of hydrogen-bond acceptors (Lipinski definition) is 9. The number of aromatic nitrogens is 6. The highest BCUT2D eigenvalue weighted by Gasteiger charge is 2.23. The zero-order valence-electron chi connectivity index (χ0n) is 39.5. The summed E-state index contributed by atoms with van der Waals surface area (Å²) in [5.74, 6) is 0. The number of fused-ring (bicyclic) bond motifs is 9. The number of nitrogens with one attached hydrogen (secondary N) is 1. The first kappa shape index (κ1) is 48.5. The number of para-hydroxylation sites is 3. The maximum absolute atomic E-state index is 11.6. The summed E-state index contributed by atoms with van der Waals surface area (Å²) in [5, 5.41) is 41.8. The zero-order valence-corrected chi connectivity index (χ0v) is 41.8. The summed E-state index contributed by atoms with van der Waals surface area (Å²) in [5.41, 5.74) is 9.06. The van der Waals surface area contributed by atoms with E-state index in [9.17, 15) is 30.3 Å². The van der Waals surface area contributed by atoms with Crippen LogP contribution in [-0.4, -0.2) is 43.8 Å². The number of nitro benzene ring substituents is 3. The summed E-state index contributed by atoms with van der Waals surface area (Å²) in [6, 6.07) is 43.5. The Morgan fingerprint density at radius 3 is 1.27 bits per heavy atom. The molecule has 0 saturated heterocycles. The minimum Gasteiger partial charge on any atom is -0.353 e. The van der Waals surface area contributed by atoms with E-state index in [-0.39, 0.29) is 17.1 Å². The Bertz CT molecular complexity index is 4080.